The summed E-state index contributed by atoms with van der Waals surface area (Å²) in [5.74, 6) is -1.18. The van der Waals surface area contributed by atoms with E-state index in [1.165, 1.54) is 20.8 Å². The molecule has 0 aliphatic heterocycles. The topological polar surface area (TPSA) is 131 Å². The van der Waals surface area contributed by atoms with Crippen LogP contribution < -0.4 is 57.1 Å². The van der Waals surface area contributed by atoms with Crippen LogP contribution in [0.25, 0.3) is 0 Å². The van der Waals surface area contributed by atoms with Crippen molar-refractivity contribution in [2.45, 2.75) is 32.9 Å². The molecule has 7 heteroatoms. The van der Waals surface area contributed by atoms with Crippen LogP contribution in [0.3, 0.4) is 0 Å². The Morgan fingerprint density at radius 2 is 1.60 bits per heavy atom. The van der Waals surface area contributed by atoms with Gasteiger partial charge in [0.05, 0.1) is 18.2 Å². The van der Waals surface area contributed by atoms with E-state index in [4.69, 9.17) is 26.5 Å². The summed E-state index contributed by atoms with van der Waals surface area (Å²) < 4.78 is 0. The van der Waals surface area contributed by atoms with Gasteiger partial charge in [0.1, 0.15) is 6.04 Å². The molecule has 0 aromatic heterocycles. The first kappa shape index (κ1) is 24.3. The zero-order valence-corrected chi connectivity index (χ0v) is 12.6. The molecule has 0 saturated carbocycles. The molecule has 0 aromatic rings. The van der Waals surface area contributed by atoms with Crippen molar-refractivity contribution >= 4 is 5.97 Å². The minimum Gasteiger partial charge on any atom is -1.00 e. The van der Waals surface area contributed by atoms with Crippen LogP contribution in [0.15, 0.2) is 0 Å². The molecule has 15 heavy (non-hydrogen) atoms. The Kier molecular flexibility index (Phi) is 31.7. The molecule has 0 radical (unpaired) electrons. The molecule has 82 valence electrons. The number of hydrogen-bond acceptors (Lipinski definition) is 5. The molecule has 0 fully saturated rings. The number of aliphatic hydroxyl groups is 1. The normalized spacial score (nSPS) is 10.3. The number of carboxylic acid groups (broad SMARTS) is 1. The minimum atomic E-state index is -1.18. The zero-order chi connectivity index (χ0) is 12.1. The molecule has 4 N–H and O–H groups in total. The van der Waals surface area contributed by atoms with Gasteiger partial charge < -0.3 is 17.4 Å². The number of aliphatic carboxylic acids is 1. The quantitative estimate of drug-likeness (QED) is 0.440. The van der Waals surface area contributed by atoms with E-state index >= 15 is 0 Å². The summed E-state index contributed by atoms with van der Waals surface area (Å²) in [5, 5.41) is 31.2. The summed E-state index contributed by atoms with van der Waals surface area (Å²) in [7, 11) is 0. The molecule has 0 saturated heterocycles. The van der Waals surface area contributed by atoms with Gasteiger partial charge in [-0.15, -0.1) is 0 Å². The van der Waals surface area contributed by atoms with E-state index in [-0.39, 0.29) is 52.8 Å². The number of nitriles is 2. The van der Waals surface area contributed by atoms with Crippen molar-refractivity contribution in [3.8, 4) is 12.1 Å². The van der Waals surface area contributed by atoms with Gasteiger partial charge in [0.2, 0.25) is 0 Å². The van der Waals surface area contributed by atoms with Gasteiger partial charge in [0.15, 0.2) is 0 Å². The molecule has 0 aliphatic carbocycles. The maximum Gasteiger partial charge on any atom is 1.00 e. The number of aliphatic hydroxyl groups excluding tert-OH is 1. The van der Waals surface area contributed by atoms with Gasteiger partial charge in [-0.1, -0.05) is 0 Å². The Labute approximate surface area is 134 Å². The Bertz CT molecular complexity index is 214. The van der Waals surface area contributed by atoms with E-state index in [1.54, 1.807) is 12.1 Å². The van der Waals surface area contributed by atoms with Gasteiger partial charge in [-0.3, -0.25) is 4.79 Å². The predicted molar refractivity (Wildman–Crippen MR) is 51.0 cm³/mol. The van der Waals surface area contributed by atoms with Crippen molar-refractivity contribution < 1.29 is 67.8 Å². The molecular formula is C8H16KN3O3. The van der Waals surface area contributed by atoms with Crippen molar-refractivity contribution in [1.29, 1.82) is 10.5 Å². The van der Waals surface area contributed by atoms with Crippen molar-refractivity contribution in [1.82, 2.24) is 0 Å². The molecule has 0 rings (SSSR count). The number of nitrogens with two attached hydrogens (primary N) is 1. The molecule has 0 aliphatic rings. The molecular weight excluding hydrogens is 225 g/mol. The summed E-state index contributed by atoms with van der Waals surface area (Å²) in [4.78, 5) is 9.86. The summed E-state index contributed by atoms with van der Waals surface area (Å²) in [5.41, 5.74) is 4.91. The van der Waals surface area contributed by atoms with Crippen molar-refractivity contribution in [2.24, 2.45) is 5.73 Å². The summed E-state index contributed by atoms with van der Waals surface area (Å²) in [6, 6.07) is 2.34. The van der Waals surface area contributed by atoms with Gasteiger partial charge in [-0.05, 0) is 6.92 Å². The van der Waals surface area contributed by atoms with E-state index in [2.05, 4.69) is 0 Å². The predicted octanol–water partition coefficient (Wildman–Crippen LogP) is -3.04. The van der Waals surface area contributed by atoms with Gasteiger partial charge in [-0.25, -0.2) is 0 Å². The second-order valence-corrected chi connectivity index (χ2v) is 2.05. The third-order valence-corrected chi connectivity index (χ3v) is 0.805. The average Bonchev–Trinajstić information content (AvgIpc) is 2.05. The molecule has 0 spiro atoms. The summed E-state index contributed by atoms with van der Waals surface area (Å²) in [6.07, 6.45) is -0.979. The molecule has 6 nitrogen and oxygen atoms in total. The fourth-order valence-corrected chi connectivity index (χ4v) is 0.206. The zero-order valence-electron chi connectivity index (χ0n) is 10.4. The maximum absolute atomic E-state index is 9.86. The molecule has 0 bridgehead atoms. The van der Waals surface area contributed by atoms with Crippen LogP contribution in [0.1, 0.15) is 22.2 Å². The first-order valence-electron chi connectivity index (χ1n) is 3.67. The Balaban J connectivity index is -0.0000000434. The number of nitrogens with zero attached hydrogens (tertiary/aromatic N) is 2. The monoisotopic (exact) mass is 241 g/mol. The number of carboxylic acids is 1. The van der Waals surface area contributed by atoms with E-state index in [1.807, 2.05) is 0 Å². The van der Waals surface area contributed by atoms with Gasteiger partial charge in [0, 0.05) is 13.8 Å². The smallest absolute Gasteiger partial charge is 1.00 e. The van der Waals surface area contributed by atoms with Crippen LogP contribution in [-0.4, -0.2) is 28.3 Å². The largest absolute Gasteiger partial charge is 1.00 e. The second kappa shape index (κ2) is 19.6. The third kappa shape index (κ3) is 31.5. The number of carbonyl (C=O) groups is 1. The van der Waals surface area contributed by atoms with Crippen molar-refractivity contribution in [3.63, 3.8) is 0 Å². The van der Waals surface area contributed by atoms with Crippen LogP contribution in [0.4, 0.5) is 0 Å². The minimum absolute atomic E-state index is 0. The molecule has 2 atom stereocenters. The second-order valence-electron chi connectivity index (χ2n) is 2.05. The Morgan fingerprint density at radius 1 is 1.40 bits per heavy atom. The van der Waals surface area contributed by atoms with Crippen LogP contribution in [0, 0.1) is 22.7 Å². The Hall–Kier alpha value is 0.00636. The first-order chi connectivity index (χ1) is 6.38. The van der Waals surface area contributed by atoms with Crippen molar-refractivity contribution in [2.75, 3.05) is 0 Å². The molecule has 2 unspecified atom stereocenters. The van der Waals surface area contributed by atoms with Crippen LogP contribution in [-0.2, 0) is 4.79 Å². The van der Waals surface area contributed by atoms with Gasteiger partial charge in [0.25, 0.3) is 0 Å². The number of hydrogen-bond donors (Lipinski definition) is 3. The first-order valence-corrected chi connectivity index (χ1v) is 3.67. The SMILES string of the molecule is CC#N.CC#N.CC(O)C(N)C(=O)O.[H-].[K+]. The number of rotatable bonds is 2. The summed E-state index contributed by atoms with van der Waals surface area (Å²) >= 11 is 0. The fraction of sp³-hybridized carbons (Fsp3) is 0.625. The van der Waals surface area contributed by atoms with E-state index < -0.39 is 18.1 Å². The van der Waals surface area contributed by atoms with Gasteiger partial charge >= 0.3 is 57.4 Å². The molecule has 0 aromatic carbocycles. The fourth-order valence-electron chi connectivity index (χ4n) is 0.206. The average molecular weight is 241 g/mol. The van der Waals surface area contributed by atoms with E-state index in [0.29, 0.717) is 0 Å². The van der Waals surface area contributed by atoms with Crippen LogP contribution in [0.5, 0.6) is 0 Å². The third-order valence-electron chi connectivity index (χ3n) is 0.805. The van der Waals surface area contributed by atoms with E-state index in [0.717, 1.165) is 0 Å². The Morgan fingerprint density at radius 3 is 1.60 bits per heavy atom. The van der Waals surface area contributed by atoms with Crippen LogP contribution >= 0.6 is 0 Å². The van der Waals surface area contributed by atoms with Gasteiger partial charge in [-0.2, -0.15) is 10.5 Å². The van der Waals surface area contributed by atoms with Crippen molar-refractivity contribution in [3.05, 3.63) is 0 Å². The molecule has 0 heterocycles. The summed E-state index contributed by atoms with van der Waals surface area (Å²) in [6.45, 7) is 4.19. The standard InChI is InChI=1S/C4H9NO3.2C2H3N.K.H/c1-2(6)3(5)4(7)8;2*1-2-3;;/h2-3,6H,5H2,1H3,(H,7,8);2*1H3;;/q;;;+1;-1. The van der Waals surface area contributed by atoms with Crippen LogP contribution in [0.2, 0.25) is 0 Å². The molecule has 0 amide bonds. The maximum atomic E-state index is 9.86. The van der Waals surface area contributed by atoms with E-state index in [9.17, 15) is 4.79 Å².